The first-order chi connectivity index (χ1) is 13.4. The zero-order valence-corrected chi connectivity index (χ0v) is 17.3. The van der Waals surface area contributed by atoms with Crippen molar-refractivity contribution in [1.82, 2.24) is 9.88 Å². The van der Waals surface area contributed by atoms with Crippen LogP contribution >= 0.6 is 15.9 Å². The van der Waals surface area contributed by atoms with E-state index in [0.717, 1.165) is 10.0 Å². The highest BCUT2D eigenvalue weighted by molar-refractivity contribution is 9.10. The number of halogens is 2. The summed E-state index contributed by atoms with van der Waals surface area (Å²) in [4.78, 5) is 31.0. The summed E-state index contributed by atoms with van der Waals surface area (Å²) in [6.07, 6.45) is 3.29. The van der Waals surface area contributed by atoms with Crippen LogP contribution in [0.1, 0.15) is 37.7 Å². The maximum atomic E-state index is 13.0. The van der Waals surface area contributed by atoms with Gasteiger partial charge in [0.1, 0.15) is 11.6 Å². The van der Waals surface area contributed by atoms with Gasteiger partial charge in [-0.05, 0) is 64.5 Å². The third kappa shape index (κ3) is 5.38. The largest absolute Gasteiger partial charge is 0.343 e. The predicted molar refractivity (Wildman–Crippen MR) is 109 cm³/mol. The fourth-order valence-corrected chi connectivity index (χ4v) is 3.60. The number of carbonyl (C=O) groups is 2. The second-order valence-corrected chi connectivity index (χ2v) is 8.08. The molecular formula is C21H23BrFN3O2. The van der Waals surface area contributed by atoms with Crippen molar-refractivity contribution >= 4 is 33.6 Å². The van der Waals surface area contributed by atoms with Crippen molar-refractivity contribution in [1.29, 1.82) is 0 Å². The Morgan fingerprint density at radius 3 is 2.50 bits per heavy atom. The molecule has 1 aliphatic rings. The molecule has 1 fully saturated rings. The number of aromatic nitrogens is 1. The minimum Gasteiger partial charge on any atom is -0.343 e. The van der Waals surface area contributed by atoms with Gasteiger partial charge in [0.2, 0.25) is 11.8 Å². The summed E-state index contributed by atoms with van der Waals surface area (Å²) in [6.45, 7) is 3.11. The van der Waals surface area contributed by atoms with E-state index in [2.05, 4.69) is 26.2 Å². The van der Waals surface area contributed by atoms with Gasteiger partial charge in [0.05, 0.1) is 0 Å². The average Bonchev–Trinajstić information content (AvgIpc) is 2.70. The summed E-state index contributed by atoms with van der Waals surface area (Å²) in [5, 5.41) is 2.84. The normalized spacial score (nSPS) is 15.9. The van der Waals surface area contributed by atoms with Crippen LogP contribution in [0.3, 0.4) is 0 Å². The van der Waals surface area contributed by atoms with Crippen LogP contribution in [0.2, 0.25) is 0 Å². The van der Waals surface area contributed by atoms with E-state index in [0.29, 0.717) is 38.2 Å². The summed E-state index contributed by atoms with van der Waals surface area (Å²) < 4.78 is 13.9. The number of pyridine rings is 1. The third-order valence-electron chi connectivity index (χ3n) is 5.12. The van der Waals surface area contributed by atoms with Gasteiger partial charge in [0.15, 0.2) is 0 Å². The van der Waals surface area contributed by atoms with Gasteiger partial charge in [-0.1, -0.05) is 19.1 Å². The molecule has 1 N–H and O–H groups in total. The van der Waals surface area contributed by atoms with Gasteiger partial charge >= 0.3 is 0 Å². The quantitative estimate of drug-likeness (QED) is 0.740. The number of hydrogen-bond acceptors (Lipinski definition) is 3. The summed E-state index contributed by atoms with van der Waals surface area (Å²) in [5.41, 5.74) is 0.950. The van der Waals surface area contributed by atoms with E-state index < -0.39 is 0 Å². The molecule has 2 heterocycles. The summed E-state index contributed by atoms with van der Waals surface area (Å²) in [6, 6.07) is 9.85. The predicted octanol–water partition coefficient (Wildman–Crippen LogP) is 4.35. The number of piperidine rings is 1. The summed E-state index contributed by atoms with van der Waals surface area (Å²) >= 11 is 3.31. The van der Waals surface area contributed by atoms with Crippen LogP contribution in [-0.4, -0.2) is 34.8 Å². The van der Waals surface area contributed by atoms with Crippen LogP contribution in [0, 0.1) is 11.7 Å². The molecule has 1 aromatic carbocycles. The Hall–Kier alpha value is -2.28. The monoisotopic (exact) mass is 447 g/mol. The molecule has 3 rings (SSSR count). The lowest BCUT2D eigenvalue weighted by molar-refractivity contribution is -0.134. The van der Waals surface area contributed by atoms with E-state index in [-0.39, 0.29) is 29.5 Å². The highest BCUT2D eigenvalue weighted by Gasteiger charge is 2.28. The minimum absolute atomic E-state index is 0.0256. The van der Waals surface area contributed by atoms with E-state index in [9.17, 15) is 14.0 Å². The second kappa shape index (κ2) is 9.28. The third-order valence-corrected chi connectivity index (χ3v) is 5.59. The maximum Gasteiger partial charge on any atom is 0.228 e. The van der Waals surface area contributed by atoms with Gasteiger partial charge < -0.3 is 10.2 Å². The van der Waals surface area contributed by atoms with Crippen LogP contribution in [0.5, 0.6) is 0 Å². The first-order valence-electron chi connectivity index (χ1n) is 9.38. The van der Waals surface area contributed by atoms with Crippen molar-refractivity contribution in [2.75, 3.05) is 18.4 Å². The van der Waals surface area contributed by atoms with E-state index in [1.54, 1.807) is 24.4 Å². The smallest absolute Gasteiger partial charge is 0.228 e. The fraction of sp³-hybridized carbons (Fsp3) is 0.381. The standard InChI is InChI=1S/C21H23BrFN3O2/c1-14(15-2-5-18(23)6-3-15)12-20(27)26-10-8-16(9-11-26)21(28)25-19-7-4-17(22)13-24-19/h2-7,13-14,16H,8-12H2,1H3,(H,24,25,28). The SMILES string of the molecule is CC(CC(=O)N1CCC(C(=O)Nc2ccc(Br)cn2)CC1)c1ccc(F)cc1. The van der Waals surface area contributed by atoms with Crippen LogP contribution in [0.4, 0.5) is 10.2 Å². The Balaban J connectivity index is 1.47. The number of carbonyl (C=O) groups excluding carboxylic acids is 2. The molecule has 28 heavy (non-hydrogen) atoms. The molecule has 1 unspecified atom stereocenters. The van der Waals surface area contributed by atoms with Crippen molar-refractivity contribution in [3.8, 4) is 0 Å². The van der Waals surface area contributed by atoms with Crippen molar-refractivity contribution < 1.29 is 14.0 Å². The van der Waals surface area contributed by atoms with Crippen molar-refractivity contribution in [3.63, 3.8) is 0 Å². The van der Waals surface area contributed by atoms with Gasteiger partial charge in [0.25, 0.3) is 0 Å². The van der Waals surface area contributed by atoms with E-state index >= 15 is 0 Å². The molecule has 5 nitrogen and oxygen atoms in total. The number of hydrogen-bond donors (Lipinski definition) is 1. The Morgan fingerprint density at radius 1 is 1.21 bits per heavy atom. The molecule has 148 valence electrons. The number of anilines is 1. The average molecular weight is 448 g/mol. The zero-order valence-electron chi connectivity index (χ0n) is 15.7. The molecule has 7 heteroatoms. The van der Waals surface area contributed by atoms with Crippen LogP contribution in [0.25, 0.3) is 0 Å². The Bertz CT molecular complexity index is 819. The van der Waals surface area contributed by atoms with Crippen LogP contribution in [0.15, 0.2) is 47.1 Å². The molecule has 1 saturated heterocycles. The molecule has 0 bridgehead atoms. The second-order valence-electron chi connectivity index (χ2n) is 7.16. The number of benzene rings is 1. The van der Waals surface area contributed by atoms with Gasteiger partial charge in [0, 0.05) is 36.1 Å². The topological polar surface area (TPSA) is 62.3 Å². The summed E-state index contributed by atoms with van der Waals surface area (Å²) in [5.74, 6) is 0.175. The first kappa shape index (κ1) is 20.5. The number of likely N-dealkylation sites (tertiary alicyclic amines) is 1. The van der Waals surface area contributed by atoms with E-state index in [1.807, 2.05) is 17.9 Å². The Kier molecular flexibility index (Phi) is 6.78. The van der Waals surface area contributed by atoms with Gasteiger partial charge in [-0.2, -0.15) is 0 Å². The molecule has 1 atom stereocenters. The molecule has 0 radical (unpaired) electrons. The highest BCUT2D eigenvalue weighted by atomic mass is 79.9. The van der Waals surface area contributed by atoms with E-state index in [1.165, 1.54) is 12.1 Å². The van der Waals surface area contributed by atoms with Crippen molar-refractivity contribution in [3.05, 3.63) is 58.4 Å². The molecular weight excluding hydrogens is 425 g/mol. The lowest BCUT2D eigenvalue weighted by Crippen LogP contribution is -2.41. The Morgan fingerprint density at radius 2 is 1.89 bits per heavy atom. The van der Waals surface area contributed by atoms with Gasteiger partial charge in [-0.15, -0.1) is 0 Å². The van der Waals surface area contributed by atoms with E-state index in [4.69, 9.17) is 0 Å². The molecule has 0 spiro atoms. The number of amides is 2. The van der Waals surface area contributed by atoms with Crippen molar-refractivity contribution in [2.24, 2.45) is 5.92 Å². The molecule has 1 aromatic heterocycles. The summed E-state index contributed by atoms with van der Waals surface area (Å²) in [7, 11) is 0. The Labute approximate surface area is 172 Å². The number of nitrogens with zero attached hydrogens (tertiary/aromatic N) is 2. The molecule has 0 saturated carbocycles. The highest BCUT2D eigenvalue weighted by Crippen LogP contribution is 2.24. The molecule has 1 aliphatic heterocycles. The lowest BCUT2D eigenvalue weighted by atomic mass is 9.93. The van der Waals surface area contributed by atoms with Gasteiger partial charge in [-0.3, -0.25) is 9.59 Å². The molecule has 2 aromatic rings. The fourth-order valence-electron chi connectivity index (χ4n) is 3.37. The van der Waals surface area contributed by atoms with Crippen molar-refractivity contribution in [2.45, 2.75) is 32.1 Å². The minimum atomic E-state index is -0.277. The zero-order chi connectivity index (χ0) is 20.1. The number of nitrogens with one attached hydrogen (secondary N) is 1. The molecule has 0 aliphatic carbocycles. The van der Waals surface area contributed by atoms with Crippen LogP contribution in [-0.2, 0) is 9.59 Å². The molecule has 2 amide bonds. The maximum absolute atomic E-state index is 13.0. The number of rotatable bonds is 5. The van der Waals surface area contributed by atoms with Gasteiger partial charge in [-0.25, -0.2) is 9.37 Å². The first-order valence-corrected chi connectivity index (χ1v) is 10.2. The lowest BCUT2D eigenvalue weighted by Gasteiger charge is -2.32. The van der Waals surface area contributed by atoms with Crippen LogP contribution < -0.4 is 5.32 Å².